The molecule has 0 saturated carbocycles. The minimum atomic E-state index is -0.492. The molecule has 0 bridgehead atoms. The number of hydrogen-bond acceptors (Lipinski definition) is 5. The van der Waals surface area contributed by atoms with Crippen LogP contribution in [0.25, 0.3) is 0 Å². The number of nitro groups is 1. The van der Waals surface area contributed by atoms with E-state index in [4.69, 9.17) is 0 Å². The van der Waals surface area contributed by atoms with Crippen LogP contribution in [-0.4, -0.2) is 45.6 Å². The fraction of sp³-hybridized carbons (Fsp3) is 0.350. The van der Waals surface area contributed by atoms with E-state index in [1.807, 2.05) is 19.0 Å². The van der Waals surface area contributed by atoms with Crippen LogP contribution >= 0.6 is 0 Å². The van der Waals surface area contributed by atoms with Crippen molar-refractivity contribution in [3.8, 4) is 0 Å². The molecule has 7 nitrogen and oxygen atoms in total. The molecule has 0 aliphatic carbocycles. The molecule has 144 valence electrons. The van der Waals surface area contributed by atoms with Crippen LogP contribution in [0.2, 0.25) is 0 Å². The van der Waals surface area contributed by atoms with Crippen LogP contribution in [0.5, 0.6) is 0 Å². The Balaban J connectivity index is 1.95. The predicted octanol–water partition coefficient (Wildman–Crippen LogP) is 3.09. The molecule has 1 N–H and O–H groups in total. The maximum absolute atomic E-state index is 12.5. The molecule has 7 heteroatoms. The van der Waals surface area contributed by atoms with Crippen LogP contribution in [-0.2, 0) is 6.42 Å². The van der Waals surface area contributed by atoms with E-state index >= 15 is 0 Å². The van der Waals surface area contributed by atoms with Gasteiger partial charge >= 0.3 is 0 Å². The Morgan fingerprint density at radius 3 is 2.26 bits per heavy atom. The fourth-order valence-electron chi connectivity index (χ4n) is 2.76. The molecule has 0 aliphatic heterocycles. The molecule has 0 unspecified atom stereocenters. The number of nitrogens with one attached hydrogen (secondary N) is 1. The largest absolute Gasteiger partial charge is 0.378 e. The number of carbonyl (C=O) groups excluding carboxylic acids is 1. The highest BCUT2D eigenvalue weighted by molar-refractivity contribution is 6.00. The van der Waals surface area contributed by atoms with Crippen molar-refractivity contribution in [2.75, 3.05) is 44.5 Å². The van der Waals surface area contributed by atoms with Crippen LogP contribution < -0.4 is 15.1 Å². The smallest absolute Gasteiger partial charge is 0.270 e. The van der Waals surface area contributed by atoms with Gasteiger partial charge in [-0.3, -0.25) is 14.9 Å². The Morgan fingerprint density at radius 2 is 1.70 bits per heavy atom. The molecule has 2 aromatic rings. The highest BCUT2D eigenvalue weighted by Crippen LogP contribution is 2.24. The Bertz CT molecular complexity index is 801. The molecule has 27 heavy (non-hydrogen) atoms. The number of aryl methyl sites for hydroxylation is 1. The number of amides is 1. The Hall–Kier alpha value is -3.09. The quantitative estimate of drug-likeness (QED) is 0.439. The van der Waals surface area contributed by atoms with E-state index in [9.17, 15) is 14.9 Å². The summed E-state index contributed by atoms with van der Waals surface area (Å²) in [4.78, 5) is 26.8. The lowest BCUT2D eigenvalue weighted by molar-refractivity contribution is -0.384. The first kappa shape index (κ1) is 20.2. The number of nitrogens with zero attached hydrogens (tertiary/aromatic N) is 3. The third-order valence-electron chi connectivity index (χ3n) is 4.30. The number of benzene rings is 2. The lowest BCUT2D eigenvalue weighted by Gasteiger charge is -2.17. The van der Waals surface area contributed by atoms with E-state index in [1.54, 1.807) is 25.1 Å². The zero-order valence-electron chi connectivity index (χ0n) is 16.2. The van der Waals surface area contributed by atoms with E-state index in [2.05, 4.69) is 29.6 Å². The molecule has 2 rings (SSSR count). The van der Waals surface area contributed by atoms with Crippen molar-refractivity contribution in [1.29, 1.82) is 0 Å². The molecule has 2 aromatic carbocycles. The summed E-state index contributed by atoms with van der Waals surface area (Å²) in [7, 11) is 7.60. The molecule has 0 saturated heterocycles. The van der Waals surface area contributed by atoms with E-state index in [0.29, 0.717) is 17.8 Å². The summed E-state index contributed by atoms with van der Waals surface area (Å²) >= 11 is 0. The van der Waals surface area contributed by atoms with Gasteiger partial charge in [0.1, 0.15) is 0 Å². The number of carbonyl (C=O) groups is 1. The van der Waals surface area contributed by atoms with Gasteiger partial charge in [-0.25, -0.2) is 0 Å². The van der Waals surface area contributed by atoms with Crippen molar-refractivity contribution < 1.29 is 9.72 Å². The average Bonchev–Trinajstić information content (AvgIpc) is 2.64. The van der Waals surface area contributed by atoms with Crippen molar-refractivity contribution >= 4 is 23.0 Å². The summed E-state index contributed by atoms with van der Waals surface area (Å²) in [6, 6.07) is 12.6. The molecule has 0 radical (unpaired) electrons. The zero-order chi connectivity index (χ0) is 20.0. The summed E-state index contributed by atoms with van der Waals surface area (Å²) in [6.07, 6.45) is 1.64. The first-order valence-corrected chi connectivity index (χ1v) is 8.80. The Morgan fingerprint density at radius 1 is 1.04 bits per heavy atom. The fourth-order valence-corrected chi connectivity index (χ4v) is 2.76. The molecule has 0 spiro atoms. The molecular weight excluding hydrogens is 344 g/mol. The van der Waals surface area contributed by atoms with Gasteiger partial charge in [-0.05, 0) is 36.6 Å². The normalized spacial score (nSPS) is 10.4. The van der Waals surface area contributed by atoms with Gasteiger partial charge in [0, 0.05) is 58.2 Å². The summed E-state index contributed by atoms with van der Waals surface area (Å²) < 4.78 is 0. The topological polar surface area (TPSA) is 78.7 Å². The zero-order valence-corrected chi connectivity index (χ0v) is 16.2. The van der Waals surface area contributed by atoms with Gasteiger partial charge in [0.25, 0.3) is 11.6 Å². The van der Waals surface area contributed by atoms with Crippen molar-refractivity contribution in [2.24, 2.45) is 0 Å². The highest BCUT2D eigenvalue weighted by Gasteiger charge is 2.17. The number of rotatable bonds is 8. The monoisotopic (exact) mass is 370 g/mol. The number of hydrogen-bond donors (Lipinski definition) is 1. The van der Waals surface area contributed by atoms with E-state index < -0.39 is 4.92 Å². The standard InChI is InChI=1S/C20H26N4O3/c1-22(2)16-9-7-15(8-10-16)6-5-13-21-20(25)18-14-17(24(26)27)11-12-19(18)23(3)4/h7-12,14H,5-6,13H2,1-4H3,(H,21,25). The van der Waals surface area contributed by atoms with Gasteiger partial charge in [-0.15, -0.1) is 0 Å². The van der Waals surface area contributed by atoms with Crippen LogP contribution in [0, 0.1) is 10.1 Å². The first-order valence-electron chi connectivity index (χ1n) is 8.80. The van der Waals surface area contributed by atoms with Gasteiger partial charge in [-0.2, -0.15) is 0 Å². The minimum Gasteiger partial charge on any atom is -0.378 e. The number of anilines is 2. The molecule has 1 amide bonds. The lowest BCUT2D eigenvalue weighted by atomic mass is 10.1. The van der Waals surface area contributed by atoms with Gasteiger partial charge in [0.2, 0.25) is 0 Å². The van der Waals surface area contributed by atoms with Crippen LogP contribution in [0.1, 0.15) is 22.3 Å². The third kappa shape index (κ3) is 5.44. The van der Waals surface area contributed by atoms with E-state index in [0.717, 1.165) is 18.5 Å². The van der Waals surface area contributed by atoms with Crippen molar-refractivity contribution in [3.05, 3.63) is 63.7 Å². The highest BCUT2D eigenvalue weighted by atomic mass is 16.6. The molecule has 0 heterocycles. The summed E-state index contributed by atoms with van der Waals surface area (Å²) in [5.41, 5.74) is 3.22. The molecule has 0 aromatic heterocycles. The first-order chi connectivity index (χ1) is 12.8. The maximum atomic E-state index is 12.5. The molecule has 0 fully saturated rings. The molecule has 0 aliphatic rings. The lowest BCUT2D eigenvalue weighted by Crippen LogP contribution is -2.27. The van der Waals surface area contributed by atoms with Gasteiger partial charge in [-0.1, -0.05) is 12.1 Å². The summed E-state index contributed by atoms with van der Waals surface area (Å²) in [6.45, 7) is 0.504. The average molecular weight is 370 g/mol. The van der Waals surface area contributed by atoms with Gasteiger partial charge < -0.3 is 15.1 Å². The van der Waals surface area contributed by atoms with Gasteiger partial charge in [0.15, 0.2) is 0 Å². The number of non-ortho nitro benzene ring substituents is 1. The van der Waals surface area contributed by atoms with Crippen LogP contribution in [0.4, 0.5) is 17.1 Å². The SMILES string of the molecule is CN(C)c1ccc(CCCNC(=O)c2cc([N+](=O)[O-])ccc2N(C)C)cc1. The third-order valence-corrected chi connectivity index (χ3v) is 4.30. The van der Waals surface area contributed by atoms with E-state index in [-0.39, 0.29) is 11.6 Å². The van der Waals surface area contributed by atoms with Crippen LogP contribution in [0.15, 0.2) is 42.5 Å². The molecular formula is C20H26N4O3. The Kier molecular flexibility index (Phi) is 6.76. The minimum absolute atomic E-state index is 0.0910. The van der Waals surface area contributed by atoms with Crippen LogP contribution in [0.3, 0.4) is 0 Å². The number of nitro benzene ring substituents is 1. The second-order valence-corrected chi connectivity index (χ2v) is 6.77. The van der Waals surface area contributed by atoms with Gasteiger partial charge in [0.05, 0.1) is 10.5 Å². The van der Waals surface area contributed by atoms with E-state index in [1.165, 1.54) is 17.7 Å². The second kappa shape index (κ2) is 9.02. The Labute approximate surface area is 159 Å². The summed E-state index contributed by atoms with van der Waals surface area (Å²) in [5, 5.41) is 13.9. The summed E-state index contributed by atoms with van der Waals surface area (Å²) in [5.74, 6) is -0.301. The van der Waals surface area contributed by atoms with Crippen molar-refractivity contribution in [2.45, 2.75) is 12.8 Å². The predicted molar refractivity (Wildman–Crippen MR) is 109 cm³/mol. The maximum Gasteiger partial charge on any atom is 0.270 e. The van der Waals surface area contributed by atoms with Crippen molar-refractivity contribution in [1.82, 2.24) is 5.32 Å². The van der Waals surface area contributed by atoms with Crippen molar-refractivity contribution in [3.63, 3.8) is 0 Å². The molecule has 0 atom stereocenters. The second-order valence-electron chi connectivity index (χ2n) is 6.77.